The molecule has 0 spiro atoms. The average Bonchev–Trinajstić information content (AvgIpc) is 3.37. The van der Waals surface area contributed by atoms with Gasteiger partial charge in [0.15, 0.2) is 0 Å². The first-order valence-corrected chi connectivity index (χ1v) is 28.5. The smallest absolute Gasteiger partial charge is 0.252 e. The van der Waals surface area contributed by atoms with E-state index >= 15 is 0 Å². The topological polar surface area (TPSA) is 6.48 Å². The van der Waals surface area contributed by atoms with Gasteiger partial charge in [0, 0.05) is 39.4 Å². The normalized spacial score (nSPS) is 13.5. The van der Waals surface area contributed by atoms with E-state index in [1.54, 1.807) is 0 Å². The first-order valence-electron chi connectivity index (χ1n) is 28.5. The lowest BCUT2D eigenvalue weighted by Gasteiger charge is -2.46. The summed E-state index contributed by atoms with van der Waals surface area (Å²) in [7, 11) is 0. The van der Waals surface area contributed by atoms with Gasteiger partial charge >= 0.3 is 0 Å². The standard InChI is InChI=1S/C76H71BN2/c1-73(2,3)51-35-39-66(60(43-51)50-34-38-59-57-30-20-19-28-55(57)56-29-21-22-31-58(56)63(59)42-50)78-67-40-36-52(74(4,5)6)46-64(67)77-65-47-53(75(7,8)9)37-41-68(65)79(70-33-23-32-69(78)71(70)77)72-61(48-24-15-13-16-25-48)44-54(76(10,11)12)45-62(72)49-26-17-14-18-27-49/h13-47H,1-12H3. The molecular formula is C76H71BN2. The summed E-state index contributed by atoms with van der Waals surface area (Å²) in [5, 5.41) is 7.68. The van der Waals surface area contributed by atoms with Gasteiger partial charge in [-0.25, -0.2) is 0 Å². The molecule has 2 aliphatic heterocycles. The summed E-state index contributed by atoms with van der Waals surface area (Å²) in [6.07, 6.45) is 0. The molecule has 0 aromatic heterocycles. The number of hydrogen-bond acceptors (Lipinski definition) is 2. The summed E-state index contributed by atoms with van der Waals surface area (Å²) in [5.41, 5.74) is 23.3. The van der Waals surface area contributed by atoms with Crippen molar-refractivity contribution in [1.82, 2.24) is 0 Å². The monoisotopic (exact) mass is 1020 g/mol. The van der Waals surface area contributed by atoms with Gasteiger partial charge in [0.2, 0.25) is 0 Å². The van der Waals surface area contributed by atoms with Crippen molar-refractivity contribution in [3.05, 3.63) is 235 Å². The van der Waals surface area contributed by atoms with Crippen LogP contribution in [0, 0.1) is 0 Å². The Morgan fingerprint density at radius 1 is 0.266 bits per heavy atom. The number of rotatable bonds is 5. The predicted molar refractivity (Wildman–Crippen MR) is 344 cm³/mol. The molecule has 13 rings (SSSR count). The fourth-order valence-electron chi connectivity index (χ4n) is 12.9. The summed E-state index contributed by atoms with van der Waals surface area (Å²) in [4.78, 5) is 5.30. The average molecular weight is 1020 g/mol. The van der Waals surface area contributed by atoms with E-state index in [4.69, 9.17) is 0 Å². The van der Waals surface area contributed by atoms with E-state index in [0.29, 0.717) is 0 Å². The predicted octanol–water partition coefficient (Wildman–Crippen LogP) is 19.4. The third kappa shape index (κ3) is 8.39. The third-order valence-corrected chi connectivity index (χ3v) is 17.2. The van der Waals surface area contributed by atoms with Gasteiger partial charge in [-0.2, -0.15) is 0 Å². The second-order valence-corrected chi connectivity index (χ2v) is 26.6. The van der Waals surface area contributed by atoms with Gasteiger partial charge in [0.05, 0.1) is 11.4 Å². The van der Waals surface area contributed by atoms with Gasteiger partial charge in [-0.05, 0) is 164 Å². The molecule has 0 aliphatic carbocycles. The van der Waals surface area contributed by atoms with E-state index < -0.39 is 0 Å². The second kappa shape index (κ2) is 18.2. The van der Waals surface area contributed by atoms with E-state index in [1.165, 1.54) is 138 Å². The molecule has 0 unspecified atom stereocenters. The Hall–Kier alpha value is -8.14. The van der Waals surface area contributed by atoms with Crippen LogP contribution in [0.2, 0.25) is 0 Å². The number of hydrogen-bond donors (Lipinski definition) is 0. The molecule has 388 valence electrons. The lowest BCUT2D eigenvalue weighted by molar-refractivity contribution is 0.590. The van der Waals surface area contributed by atoms with Crippen molar-refractivity contribution in [3.63, 3.8) is 0 Å². The van der Waals surface area contributed by atoms with Crippen LogP contribution in [0.15, 0.2) is 212 Å². The van der Waals surface area contributed by atoms with Crippen LogP contribution in [0.5, 0.6) is 0 Å². The van der Waals surface area contributed by atoms with E-state index in [9.17, 15) is 0 Å². The quantitative estimate of drug-likeness (QED) is 0.125. The molecule has 0 saturated carbocycles. The van der Waals surface area contributed by atoms with E-state index in [2.05, 4.69) is 305 Å². The summed E-state index contributed by atoms with van der Waals surface area (Å²) >= 11 is 0. The molecule has 0 fully saturated rings. The van der Waals surface area contributed by atoms with Crippen LogP contribution in [0.1, 0.15) is 105 Å². The molecule has 2 nitrogen and oxygen atoms in total. The maximum atomic E-state index is 2.66. The zero-order chi connectivity index (χ0) is 54.9. The van der Waals surface area contributed by atoms with Crippen LogP contribution in [-0.2, 0) is 21.7 Å². The number of nitrogens with zero attached hydrogens (tertiary/aromatic N) is 2. The van der Waals surface area contributed by atoms with Crippen LogP contribution >= 0.6 is 0 Å². The van der Waals surface area contributed by atoms with Crippen molar-refractivity contribution in [2.45, 2.75) is 105 Å². The molecule has 0 N–H and O–H groups in total. The molecule has 2 heterocycles. The Labute approximate surface area is 469 Å². The van der Waals surface area contributed by atoms with Crippen molar-refractivity contribution >= 4 is 89.5 Å². The minimum Gasteiger partial charge on any atom is -0.311 e. The molecule has 79 heavy (non-hydrogen) atoms. The van der Waals surface area contributed by atoms with Crippen molar-refractivity contribution in [1.29, 1.82) is 0 Å². The fraction of sp³-hybridized carbons (Fsp3) is 0.211. The van der Waals surface area contributed by atoms with Gasteiger partial charge in [0.25, 0.3) is 6.71 Å². The molecule has 0 bridgehead atoms. The third-order valence-electron chi connectivity index (χ3n) is 17.2. The highest BCUT2D eigenvalue weighted by Gasteiger charge is 2.45. The van der Waals surface area contributed by atoms with Gasteiger partial charge < -0.3 is 9.80 Å². The Morgan fingerprint density at radius 3 is 1.14 bits per heavy atom. The highest BCUT2D eigenvalue weighted by Crippen LogP contribution is 2.53. The minimum absolute atomic E-state index is 0.0555. The van der Waals surface area contributed by atoms with Gasteiger partial charge in [-0.3, -0.25) is 0 Å². The first kappa shape index (κ1) is 50.4. The Balaban J connectivity index is 1.15. The van der Waals surface area contributed by atoms with Crippen molar-refractivity contribution in [3.8, 4) is 33.4 Å². The van der Waals surface area contributed by atoms with Gasteiger partial charge in [-0.15, -0.1) is 0 Å². The highest BCUT2D eigenvalue weighted by atomic mass is 15.2. The van der Waals surface area contributed by atoms with Crippen LogP contribution in [0.3, 0.4) is 0 Å². The number of anilines is 6. The van der Waals surface area contributed by atoms with Crippen LogP contribution < -0.4 is 26.2 Å². The van der Waals surface area contributed by atoms with Gasteiger partial charge in [0.1, 0.15) is 0 Å². The van der Waals surface area contributed by atoms with Crippen molar-refractivity contribution in [2.24, 2.45) is 0 Å². The molecule has 11 aromatic rings. The van der Waals surface area contributed by atoms with E-state index in [0.717, 1.165) is 0 Å². The van der Waals surface area contributed by atoms with Gasteiger partial charge in [-0.1, -0.05) is 241 Å². The Kier molecular flexibility index (Phi) is 11.6. The largest absolute Gasteiger partial charge is 0.311 e. The summed E-state index contributed by atoms with van der Waals surface area (Å²) in [6.45, 7) is 28.1. The summed E-state index contributed by atoms with van der Waals surface area (Å²) in [6, 6.07) is 81.6. The molecule has 0 amide bonds. The molecule has 11 aromatic carbocycles. The molecular weight excluding hydrogens is 952 g/mol. The fourth-order valence-corrected chi connectivity index (χ4v) is 12.9. The maximum Gasteiger partial charge on any atom is 0.252 e. The number of fused-ring (bicyclic) bond motifs is 10. The Morgan fingerprint density at radius 2 is 0.658 bits per heavy atom. The molecule has 3 heteroatoms. The van der Waals surface area contributed by atoms with E-state index in [-0.39, 0.29) is 28.4 Å². The second-order valence-electron chi connectivity index (χ2n) is 26.6. The highest BCUT2D eigenvalue weighted by molar-refractivity contribution is 7.00. The van der Waals surface area contributed by atoms with Crippen molar-refractivity contribution in [2.75, 3.05) is 9.80 Å². The summed E-state index contributed by atoms with van der Waals surface area (Å²) < 4.78 is 0. The summed E-state index contributed by atoms with van der Waals surface area (Å²) in [5.74, 6) is 0. The minimum atomic E-state index is -0.106. The molecule has 0 radical (unpaired) electrons. The van der Waals surface area contributed by atoms with Crippen LogP contribution in [0.25, 0.3) is 65.7 Å². The zero-order valence-electron chi connectivity index (χ0n) is 48.2. The molecule has 2 aliphatic rings. The zero-order valence-corrected chi connectivity index (χ0v) is 48.2. The van der Waals surface area contributed by atoms with Crippen LogP contribution in [-0.4, -0.2) is 6.71 Å². The van der Waals surface area contributed by atoms with Crippen LogP contribution in [0.4, 0.5) is 34.1 Å². The Bertz CT molecular complexity index is 4140. The SMILES string of the molecule is CC(C)(C)c1ccc2c(c1)B1c3cc(C(C)(C)C)ccc3N(c3c(-c4ccccc4)cc(C(C)(C)C)cc3-c3ccccc3)c3cccc(c31)N2c1ccc(C(C)(C)C)cc1-c1ccc2c3ccccc3c3ccccc3c2c1. The molecule has 0 atom stereocenters. The van der Waals surface area contributed by atoms with Crippen molar-refractivity contribution < 1.29 is 0 Å². The van der Waals surface area contributed by atoms with E-state index in [1.807, 2.05) is 0 Å². The lowest BCUT2D eigenvalue weighted by atomic mass is 9.33. The number of benzene rings is 11. The first-order chi connectivity index (χ1) is 37.7. The lowest BCUT2D eigenvalue weighted by Crippen LogP contribution is -2.61. The maximum absolute atomic E-state index is 2.66. The molecule has 0 saturated heterocycles.